The first-order chi connectivity index (χ1) is 13.0. The molecule has 0 radical (unpaired) electrons. The molecule has 2 aromatic rings. The van der Waals surface area contributed by atoms with E-state index in [0.717, 1.165) is 37.1 Å². The summed E-state index contributed by atoms with van der Waals surface area (Å²) in [6, 6.07) is 9.79. The van der Waals surface area contributed by atoms with Crippen LogP contribution in [0, 0.1) is 6.92 Å². The van der Waals surface area contributed by atoms with E-state index < -0.39 is 11.3 Å². The number of aromatic nitrogens is 3. The number of hydrogen-bond donors (Lipinski definition) is 2. The highest BCUT2D eigenvalue weighted by molar-refractivity contribution is 8.00. The molecule has 1 heterocycles. The second-order valence-electron chi connectivity index (χ2n) is 6.81. The van der Waals surface area contributed by atoms with Crippen molar-refractivity contribution in [3.63, 3.8) is 0 Å². The molecule has 1 aliphatic rings. The summed E-state index contributed by atoms with van der Waals surface area (Å²) in [5, 5.41) is 13.8. The predicted molar refractivity (Wildman–Crippen MR) is 105 cm³/mol. The van der Waals surface area contributed by atoms with E-state index in [9.17, 15) is 9.59 Å². The number of carbonyl (C=O) groups is 2. The minimum Gasteiger partial charge on any atom is -0.335 e. The Morgan fingerprint density at radius 1 is 1.22 bits per heavy atom. The number of urea groups is 1. The van der Waals surface area contributed by atoms with E-state index in [0.29, 0.717) is 11.7 Å². The average Bonchev–Trinajstić information content (AvgIpc) is 3.27. The van der Waals surface area contributed by atoms with E-state index in [-0.39, 0.29) is 11.9 Å². The number of thioether (sulfide) groups is 1. The van der Waals surface area contributed by atoms with Crippen LogP contribution < -0.4 is 10.6 Å². The Bertz CT molecular complexity index is 787. The van der Waals surface area contributed by atoms with Crippen LogP contribution in [0.4, 0.5) is 4.79 Å². The average molecular weight is 388 g/mol. The van der Waals surface area contributed by atoms with Crippen molar-refractivity contribution in [2.45, 2.75) is 62.5 Å². The number of carbonyl (C=O) groups excluding carboxylic acids is 2. The van der Waals surface area contributed by atoms with Crippen molar-refractivity contribution in [2.75, 3.05) is 0 Å². The second kappa shape index (κ2) is 9.03. The molecule has 0 aliphatic heterocycles. The Kier molecular flexibility index (Phi) is 6.49. The predicted octanol–water partition coefficient (Wildman–Crippen LogP) is 2.88. The van der Waals surface area contributed by atoms with Gasteiger partial charge in [0.2, 0.25) is 5.91 Å². The number of benzene rings is 1. The molecule has 3 rings (SSSR count). The maximum absolute atomic E-state index is 12.4. The Balaban J connectivity index is 1.57. The number of amides is 3. The molecule has 144 valence electrons. The zero-order valence-corrected chi connectivity index (χ0v) is 16.5. The van der Waals surface area contributed by atoms with Crippen molar-refractivity contribution >= 4 is 23.7 Å². The molecule has 1 aromatic heterocycles. The number of nitrogens with one attached hydrogen (secondary N) is 2. The van der Waals surface area contributed by atoms with E-state index in [4.69, 9.17) is 0 Å². The third-order valence-electron chi connectivity index (χ3n) is 4.66. The van der Waals surface area contributed by atoms with Crippen LogP contribution in [0.2, 0.25) is 0 Å². The summed E-state index contributed by atoms with van der Waals surface area (Å²) in [7, 11) is 0. The number of nitrogens with zero attached hydrogens (tertiary/aromatic N) is 3. The normalized spacial score (nSPS) is 15.5. The topological polar surface area (TPSA) is 88.9 Å². The quantitative estimate of drug-likeness (QED) is 0.744. The van der Waals surface area contributed by atoms with Gasteiger partial charge < -0.3 is 9.88 Å². The van der Waals surface area contributed by atoms with Gasteiger partial charge in [-0.3, -0.25) is 10.1 Å². The van der Waals surface area contributed by atoms with Gasteiger partial charge in [-0.15, -0.1) is 10.2 Å². The summed E-state index contributed by atoms with van der Waals surface area (Å²) in [5.41, 5.74) is 1.13. The van der Waals surface area contributed by atoms with Crippen LogP contribution in [0.25, 0.3) is 0 Å². The third-order valence-corrected chi connectivity index (χ3v) is 5.74. The van der Waals surface area contributed by atoms with E-state index in [1.54, 1.807) is 6.92 Å². The van der Waals surface area contributed by atoms with Crippen LogP contribution in [0.3, 0.4) is 0 Å². The summed E-state index contributed by atoms with van der Waals surface area (Å²) in [6.07, 6.45) is 4.21. The Morgan fingerprint density at radius 3 is 2.63 bits per heavy atom. The largest absolute Gasteiger partial charge is 0.335 e. The molecule has 7 nitrogen and oxygen atoms in total. The lowest BCUT2D eigenvalue weighted by Crippen LogP contribution is -2.45. The highest BCUT2D eigenvalue weighted by Gasteiger charge is 2.23. The minimum absolute atomic E-state index is 0.178. The number of imide groups is 1. The van der Waals surface area contributed by atoms with Crippen molar-refractivity contribution < 1.29 is 9.59 Å². The van der Waals surface area contributed by atoms with Crippen molar-refractivity contribution in [3.05, 3.63) is 41.7 Å². The lowest BCUT2D eigenvalue weighted by molar-refractivity contribution is -0.119. The molecule has 8 heteroatoms. The van der Waals surface area contributed by atoms with Crippen LogP contribution in [0.5, 0.6) is 0 Å². The van der Waals surface area contributed by atoms with Gasteiger partial charge in [-0.25, -0.2) is 4.79 Å². The molecular formula is C19H25N5O2S. The SMILES string of the molecule is Cc1nnc(S[C@@H](C)C(=O)NC(=O)NC2CCCC2)n1Cc1ccccc1. The highest BCUT2D eigenvalue weighted by Crippen LogP contribution is 2.23. The third kappa shape index (κ3) is 5.32. The van der Waals surface area contributed by atoms with Gasteiger partial charge in [0, 0.05) is 6.04 Å². The second-order valence-corrected chi connectivity index (χ2v) is 8.11. The molecule has 27 heavy (non-hydrogen) atoms. The van der Waals surface area contributed by atoms with E-state index in [2.05, 4.69) is 20.8 Å². The molecule has 0 bridgehead atoms. The number of aryl methyl sites for hydroxylation is 1. The first-order valence-corrected chi connectivity index (χ1v) is 10.1. The van der Waals surface area contributed by atoms with E-state index in [1.807, 2.05) is 41.8 Å². The van der Waals surface area contributed by atoms with Crippen LogP contribution in [-0.4, -0.2) is 38.0 Å². The fraction of sp³-hybridized carbons (Fsp3) is 0.474. The van der Waals surface area contributed by atoms with Gasteiger partial charge in [0.1, 0.15) is 5.82 Å². The van der Waals surface area contributed by atoms with Crippen molar-refractivity contribution in [2.24, 2.45) is 0 Å². The van der Waals surface area contributed by atoms with E-state index in [1.165, 1.54) is 11.8 Å². The lowest BCUT2D eigenvalue weighted by atomic mass is 10.2. The van der Waals surface area contributed by atoms with Crippen molar-refractivity contribution in [1.82, 2.24) is 25.4 Å². The monoisotopic (exact) mass is 387 g/mol. The molecular weight excluding hydrogens is 362 g/mol. The molecule has 1 atom stereocenters. The molecule has 1 aromatic carbocycles. The summed E-state index contributed by atoms with van der Waals surface area (Å²) in [5.74, 6) is 0.454. The first kappa shape index (κ1) is 19.4. The lowest BCUT2D eigenvalue weighted by Gasteiger charge is -2.15. The first-order valence-electron chi connectivity index (χ1n) is 9.24. The summed E-state index contributed by atoms with van der Waals surface area (Å²) in [4.78, 5) is 24.4. The molecule has 1 fully saturated rings. The van der Waals surface area contributed by atoms with Gasteiger partial charge in [0.15, 0.2) is 5.16 Å². The standard InChI is InChI=1S/C19H25N5O2S/c1-13(17(25)21-18(26)20-16-10-6-7-11-16)27-19-23-22-14(2)24(19)12-15-8-4-3-5-9-15/h3-5,8-9,13,16H,6-7,10-12H2,1-2H3,(H2,20,21,25,26)/t13-/m0/s1. The fourth-order valence-corrected chi connectivity index (χ4v) is 4.01. The fourth-order valence-electron chi connectivity index (χ4n) is 3.11. The molecule has 0 spiro atoms. The zero-order chi connectivity index (χ0) is 19.2. The molecule has 0 saturated heterocycles. The molecule has 2 N–H and O–H groups in total. The summed E-state index contributed by atoms with van der Waals surface area (Å²) >= 11 is 1.30. The Hall–Kier alpha value is -2.35. The molecule has 1 aliphatic carbocycles. The van der Waals surface area contributed by atoms with Crippen LogP contribution in [0.1, 0.15) is 44.0 Å². The smallest absolute Gasteiger partial charge is 0.321 e. The zero-order valence-electron chi connectivity index (χ0n) is 15.6. The van der Waals surface area contributed by atoms with E-state index >= 15 is 0 Å². The van der Waals surface area contributed by atoms with Gasteiger partial charge in [0.05, 0.1) is 11.8 Å². The molecule has 1 saturated carbocycles. The summed E-state index contributed by atoms with van der Waals surface area (Å²) < 4.78 is 1.97. The van der Waals surface area contributed by atoms with Crippen molar-refractivity contribution in [3.8, 4) is 0 Å². The Morgan fingerprint density at radius 2 is 1.93 bits per heavy atom. The minimum atomic E-state index is -0.461. The van der Waals surface area contributed by atoms with Gasteiger partial charge in [-0.2, -0.15) is 0 Å². The summed E-state index contributed by atoms with van der Waals surface area (Å²) in [6.45, 7) is 4.29. The van der Waals surface area contributed by atoms with Crippen LogP contribution in [0.15, 0.2) is 35.5 Å². The molecule has 3 amide bonds. The van der Waals surface area contributed by atoms with Crippen LogP contribution in [-0.2, 0) is 11.3 Å². The van der Waals surface area contributed by atoms with Crippen molar-refractivity contribution in [1.29, 1.82) is 0 Å². The highest BCUT2D eigenvalue weighted by atomic mass is 32.2. The van der Waals surface area contributed by atoms with Gasteiger partial charge in [-0.05, 0) is 32.3 Å². The molecule has 0 unspecified atom stereocenters. The Labute approximate surface area is 163 Å². The van der Waals surface area contributed by atoms with Crippen LogP contribution >= 0.6 is 11.8 Å². The number of rotatable bonds is 6. The van der Waals surface area contributed by atoms with Gasteiger partial charge in [-0.1, -0.05) is 54.9 Å². The number of hydrogen-bond acceptors (Lipinski definition) is 5. The maximum Gasteiger partial charge on any atom is 0.321 e. The van der Waals surface area contributed by atoms with Gasteiger partial charge >= 0.3 is 6.03 Å². The maximum atomic E-state index is 12.4. The van der Waals surface area contributed by atoms with Gasteiger partial charge in [0.25, 0.3) is 0 Å².